The number of hydrogen-bond donors (Lipinski definition) is 0. The number of benzene rings is 4. The lowest BCUT2D eigenvalue weighted by Crippen LogP contribution is -2.31. The molecule has 0 atom stereocenters. The van der Waals surface area contributed by atoms with Crippen LogP contribution in [0.2, 0.25) is 0 Å². The molecule has 1 aliphatic rings. The molecule has 1 aliphatic carbocycles. The molecule has 12 aromatic heterocycles. The van der Waals surface area contributed by atoms with Gasteiger partial charge in [-0.2, -0.15) is 0 Å². The van der Waals surface area contributed by atoms with Crippen LogP contribution in [0.3, 0.4) is 0 Å². The molecule has 0 aliphatic heterocycles. The van der Waals surface area contributed by atoms with Crippen molar-refractivity contribution in [2.24, 2.45) is 63.2 Å². The van der Waals surface area contributed by atoms with E-state index in [0.29, 0.717) is 35.5 Å². The van der Waals surface area contributed by atoms with Crippen molar-refractivity contribution in [3.05, 3.63) is 238 Å². The Morgan fingerprint density at radius 1 is 0.331 bits per heavy atom. The summed E-state index contributed by atoms with van der Waals surface area (Å²) in [5.74, 6) is 3.67. The summed E-state index contributed by atoms with van der Waals surface area (Å²) in [6.07, 6.45) is 20.0. The lowest BCUT2D eigenvalue weighted by molar-refractivity contribution is -0.660. The fourth-order valence-corrected chi connectivity index (χ4v) is 17.5. The molecule has 610 valence electrons. The Balaban J connectivity index is 0.000000129. The lowest BCUT2D eigenvalue weighted by Gasteiger charge is -2.16. The first-order valence-electron chi connectivity index (χ1n) is 43.4. The van der Waals surface area contributed by atoms with Crippen molar-refractivity contribution in [1.29, 1.82) is 0 Å². The molecule has 0 saturated heterocycles. The Hall–Kier alpha value is -10.7. The maximum Gasteiger partial charge on any atom is 0.227 e. The molecule has 118 heavy (non-hydrogen) atoms. The van der Waals surface area contributed by atoms with Crippen molar-refractivity contribution in [3.63, 3.8) is 0 Å². The van der Waals surface area contributed by atoms with E-state index in [1.807, 2.05) is 0 Å². The molecule has 0 amide bonds. The molecule has 16 aromatic rings. The first-order chi connectivity index (χ1) is 56.1. The summed E-state index contributed by atoms with van der Waals surface area (Å²) in [6.45, 7) is 44.5. The summed E-state index contributed by atoms with van der Waals surface area (Å²) in [7, 11) is 8.43. The van der Waals surface area contributed by atoms with Crippen LogP contribution in [0.5, 0.6) is 0 Å². The minimum atomic E-state index is -0.0104. The van der Waals surface area contributed by atoms with Gasteiger partial charge >= 0.3 is 0 Å². The number of aryl methyl sites for hydroxylation is 8. The monoisotopic (exact) mass is 1570 g/mol. The molecule has 12 heteroatoms. The summed E-state index contributed by atoms with van der Waals surface area (Å²) < 4.78 is 34.5. The molecule has 0 radical (unpaired) electrons. The van der Waals surface area contributed by atoms with E-state index in [4.69, 9.17) is 37.6 Å². The second-order valence-electron chi connectivity index (χ2n) is 38.5. The number of hydrogen-bond acceptors (Lipinski definition) is 8. The molecule has 17 rings (SSSR count). The van der Waals surface area contributed by atoms with Crippen molar-refractivity contribution in [3.8, 4) is 45.0 Å². The minimum absolute atomic E-state index is 0.0104. The number of rotatable bonds is 16. The first kappa shape index (κ1) is 83.8. The van der Waals surface area contributed by atoms with Crippen molar-refractivity contribution in [2.75, 3.05) is 0 Å². The van der Waals surface area contributed by atoms with Crippen molar-refractivity contribution < 1.29 is 35.9 Å². The summed E-state index contributed by atoms with van der Waals surface area (Å²) in [5, 5.41) is 8.94. The number of fused-ring (bicyclic) bond motifs is 12. The standard InChI is InChI=1S/C27H31N2O.C27H33N2O.2C26H31N2O/c1-17(2)15-19-13-14-29(4)24(16-19)25-18(3)9-10-21-22-11-12-23(20-7-5-6-8-20)28-27(22)30-26(21)25;1-17(2)14-19-12-13-29(7)23(15-19)24-18(3)8-10-21-22-11-9-20(16-27(4,5)6)28-26(22)30-25(21)24;1-16(2)14-18-12-13-28(7)21(15-18)23-17(3)8-9-19-20-10-11-22(26(4,5)6)27-25(20)29-24(19)23;1-16(2)13-19-11-12-28(6)23(15-19)24-18(5)7-9-21-22-10-8-20(14-17(3)4)27-26(22)29-25(21)24/h9-14,16-17,20H,5-8,15H2,1-4H3;8-13,15,17H,14,16H2,1-7H3;8-13,15-16H,14H2,1-7H3;7-12,15-17H,13-14H2,1-6H3/q4*+1. The van der Waals surface area contributed by atoms with E-state index in [0.717, 1.165) is 155 Å². The Morgan fingerprint density at radius 3 is 0.941 bits per heavy atom. The molecule has 12 nitrogen and oxygen atoms in total. The first-order valence-corrected chi connectivity index (χ1v) is 43.4. The van der Waals surface area contributed by atoms with E-state index < -0.39 is 0 Å². The zero-order chi connectivity index (χ0) is 84.1. The van der Waals surface area contributed by atoms with Crippen LogP contribution in [-0.4, -0.2) is 19.9 Å². The van der Waals surface area contributed by atoms with Gasteiger partial charge in [-0.1, -0.05) is 172 Å². The van der Waals surface area contributed by atoms with Gasteiger partial charge in [0.1, 0.15) is 28.2 Å². The van der Waals surface area contributed by atoms with E-state index in [9.17, 15) is 0 Å². The van der Waals surface area contributed by atoms with Gasteiger partial charge in [0.05, 0.1) is 22.3 Å². The maximum atomic E-state index is 6.47. The highest BCUT2D eigenvalue weighted by Crippen LogP contribution is 2.44. The van der Waals surface area contributed by atoms with E-state index in [-0.39, 0.29) is 10.8 Å². The third-order valence-electron chi connectivity index (χ3n) is 23.3. The second kappa shape index (κ2) is 34.3. The Bertz CT molecular complexity index is 6390. The van der Waals surface area contributed by atoms with E-state index in [1.165, 1.54) is 110 Å². The summed E-state index contributed by atoms with van der Waals surface area (Å²) in [4.78, 5) is 19.5. The molecule has 1 fully saturated rings. The van der Waals surface area contributed by atoms with Gasteiger partial charge in [0, 0.05) is 126 Å². The highest BCUT2D eigenvalue weighted by molar-refractivity contribution is 6.12. The van der Waals surface area contributed by atoms with Gasteiger partial charge in [0.25, 0.3) is 0 Å². The predicted molar refractivity (Wildman–Crippen MR) is 487 cm³/mol. The van der Waals surface area contributed by atoms with Crippen LogP contribution in [0.25, 0.3) is 133 Å². The molecule has 4 aromatic carbocycles. The van der Waals surface area contributed by atoms with E-state index in [1.54, 1.807) is 0 Å². The number of pyridine rings is 8. The van der Waals surface area contributed by atoms with Gasteiger partial charge < -0.3 is 17.7 Å². The third-order valence-corrected chi connectivity index (χ3v) is 23.3. The molecule has 1 saturated carbocycles. The Labute approximate surface area is 699 Å². The van der Waals surface area contributed by atoms with Gasteiger partial charge in [-0.05, 0) is 207 Å². The third kappa shape index (κ3) is 18.1. The quantitative estimate of drug-likeness (QED) is 0.0878. The molecular formula is C106H126N8O4+4. The van der Waals surface area contributed by atoms with E-state index in [2.05, 4.69) is 355 Å². The topological polar surface area (TPSA) is 120 Å². The lowest BCUT2D eigenvalue weighted by atomic mass is 9.90. The van der Waals surface area contributed by atoms with Gasteiger partial charge in [-0.3, -0.25) is 0 Å². The Kier molecular flexibility index (Phi) is 24.4. The molecule has 0 unspecified atom stereocenters. The average Bonchev–Trinajstić information content (AvgIpc) is 1.61. The number of nitrogens with zero attached hydrogens (tertiary/aromatic N) is 8. The van der Waals surface area contributed by atoms with Crippen LogP contribution in [0.4, 0.5) is 0 Å². The normalized spacial score (nSPS) is 13.0. The molecule has 0 N–H and O–H groups in total. The van der Waals surface area contributed by atoms with Crippen LogP contribution in [-0.2, 0) is 72.1 Å². The maximum absolute atomic E-state index is 6.47. The van der Waals surface area contributed by atoms with Crippen molar-refractivity contribution in [1.82, 2.24) is 19.9 Å². The van der Waals surface area contributed by atoms with Crippen LogP contribution >= 0.6 is 0 Å². The predicted octanol–water partition coefficient (Wildman–Crippen LogP) is 25.7. The highest BCUT2D eigenvalue weighted by Gasteiger charge is 2.30. The zero-order valence-corrected chi connectivity index (χ0v) is 74.9. The van der Waals surface area contributed by atoms with Gasteiger partial charge in [0.2, 0.25) is 45.6 Å². The average molecular weight is 1580 g/mol. The van der Waals surface area contributed by atoms with Crippen molar-refractivity contribution in [2.45, 2.75) is 214 Å². The Morgan fingerprint density at radius 2 is 0.619 bits per heavy atom. The number of aromatic nitrogens is 8. The molecular weight excluding hydrogens is 1450 g/mol. The van der Waals surface area contributed by atoms with Crippen LogP contribution in [0.1, 0.15) is 210 Å². The largest absolute Gasteiger partial charge is 0.437 e. The summed E-state index contributed by atoms with van der Waals surface area (Å²) in [5.41, 5.74) is 31.1. The smallest absolute Gasteiger partial charge is 0.227 e. The molecule has 12 heterocycles. The van der Waals surface area contributed by atoms with Crippen LogP contribution in [0.15, 0.2) is 188 Å². The minimum Gasteiger partial charge on any atom is -0.437 e. The zero-order valence-electron chi connectivity index (χ0n) is 74.9. The van der Waals surface area contributed by atoms with Gasteiger partial charge in [0.15, 0.2) is 47.1 Å². The van der Waals surface area contributed by atoms with E-state index >= 15 is 0 Å². The summed E-state index contributed by atoms with van der Waals surface area (Å²) >= 11 is 0. The van der Waals surface area contributed by atoms with Crippen LogP contribution in [0, 0.1) is 62.7 Å². The van der Waals surface area contributed by atoms with Gasteiger partial charge in [-0.25, -0.2) is 38.2 Å². The SMILES string of the molecule is Cc1ccc2c(oc3nc(C(C)(C)C)ccc32)c1-c1cc(CC(C)C)cc[n+]1C.Cc1ccc2c(oc3nc(C4CCCC4)ccc32)c1-c1cc(CC(C)C)cc[n+]1C.Cc1ccc2c(oc3nc(CC(C)(C)C)ccc32)c1-c1cc(CC(C)C)cc[n+]1C.Cc1ccc2c(oc3nc(CC(C)C)ccc32)c1-c1cc(CC(C)C)cc[n+]1C. The molecule has 0 bridgehead atoms. The second-order valence-corrected chi connectivity index (χ2v) is 38.5. The molecule has 0 spiro atoms. The van der Waals surface area contributed by atoms with Crippen molar-refractivity contribution >= 4 is 88.3 Å². The number of furan rings is 4. The summed E-state index contributed by atoms with van der Waals surface area (Å²) in [6, 6.07) is 53.0. The fourth-order valence-electron chi connectivity index (χ4n) is 17.5. The fraction of sp³-hybridized carbons (Fsp3) is 0.396. The van der Waals surface area contributed by atoms with Gasteiger partial charge in [-0.15, -0.1) is 0 Å². The highest BCUT2D eigenvalue weighted by atomic mass is 16.4. The van der Waals surface area contributed by atoms with Crippen LogP contribution < -0.4 is 18.3 Å².